The van der Waals surface area contributed by atoms with E-state index in [0.29, 0.717) is 5.69 Å². The minimum Gasteiger partial charge on any atom is -0.340 e. The first kappa shape index (κ1) is 14.6. The number of likely N-dealkylation sites (N-methyl/N-ethyl adjacent to an activating group) is 1. The van der Waals surface area contributed by atoms with E-state index >= 15 is 0 Å². The number of rotatable bonds is 2. The average Bonchev–Trinajstić information content (AvgIpc) is 3.27. The lowest BCUT2D eigenvalue weighted by Crippen LogP contribution is -2.34. The van der Waals surface area contributed by atoms with Crippen molar-refractivity contribution < 1.29 is 14.3 Å². The molecule has 23 heavy (non-hydrogen) atoms. The van der Waals surface area contributed by atoms with Crippen LogP contribution in [-0.4, -0.2) is 25.0 Å². The number of carbonyl (C=O) groups excluding carboxylic acids is 2. The minimum atomic E-state index is -1.16. The highest BCUT2D eigenvalue weighted by Gasteiger charge is 2.72. The van der Waals surface area contributed by atoms with Crippen molar-refractivity contribution in [2.24, 2.45) is 0 Å². The molecule has 1 saturated heterocycles. The van der Waals surface area contributed by atoms with Gasteiger partial charge in [0.05, 0.1) is 5.69 Å². The molecular formula is C17H13IN2O3. The predicted octanol–water partition coefficient (Wildman–Crippen LogP) is 2.50. The molecule has 2 heterocycles. The van der Waals surface area contributed by atoms with Gasteiger partial charge in [0.15, 0.2) is 6.10 Å². The summed E-state index contributed by atoms with van der Waals surface area (Å²) in [6, 6.07) is 14.9. The summed E-state index contributed by atoms with van der Waals surface area (Å²) in [6.07, 6.45) is -0.794. The van der Waals surface area contributed by atoms with Crippen LogP contribution in [0.25, 0.3) is 0 Å². The maximum atomic E-state index is 12.6. The van der Waals surface area contributed by atoms with Gasteiger partial charge in [0, 0.05) is 21.9 Å². The Labute approximate surface area is 146 Å². The van der Waals surface area contributed by atoms with Crippen LogP contribution in [0.5, 0.6) is 0 Å². The van der Waals surface area contributed by atoms with Crippen LogP contribution in [0, 0.1) is 3.57 Å². The van der Waals surface area contributed by atoms with Crippen LogP contribution in [0.1, 0.15) is 5.56 Å². The van der Waals surface area contributed by atoms with Gasteiger partial charge in [-0.3, -0.25) is 9.59 Å². The molecule has 0 saturated carbocycles. The SMILES string of the molecule is CN1C(=O)[C@]2(O[C@@H]2C(=O)Nc2ccccc2)c2cc(I)ccc21. The van der Waals surface area contributed by atoms with Crippen LogP contribution < -0.4 is 10.2 Å². The number of hydrogen-bond acceptors (Lipinski definition) is 3. The van der Waals surface area contributed by atoms with E-state index < -0.39 is 11.7 Å². The molecule has 2 aromatic carbocycles. The smallest absolute Gasteiger partial charge is 0.267 e. The van der Waals surface area contributed by atoms with Gasteiger partial charge >= 0.3 is 0 Å². The number of para-hydroxylation sites is 1. The van der Waals surface area contributed by atoms with Crippen LogP contribution in [0.2, 0.25) is 0 Å². The van der Waals surface area contributed by atoms with Gasteiger partial charge in [-0.1, -0.05) is 18.2 Å². The summed E-state index contributed by atoms with van der Waals surface area (Å²) < 4.78 is 6.66. The van der Waals surface area contributed by atoms with Gasteiger partial charge in [-0.2, -0.15) is 0 Å². The number of ether oxygens (including phenoxy) is 1. The van der Waals surface area contributed by atoms with E-state index in [-0.39, 0.29) is 11.8 Å². The zero-order valence-corrected chi connectivity index (χ0v) is 14.4. The summed E-state index contributed by atoms with van der Waals surface area (Å²) in [6.45, 7) is 0. The molecule has 2 atom stereocenters. The van der Waals surface area contributed by atoms with Gasteiger partial charge in [0.25, 0.3) is 11.8 Å². The van der Waals surface area contributed by atoms with Gasteiger partial charge in [0.1, 0.15) is 0 Å². The van der Waals surface area contributed by atoms with Crippen molar-refractivity contribution in [3.8, 4) is 0 Å². The molecule has 2 aliphatic heterocycles. The first-order valence-electron chi connectivity index (χ1n) is 7.16. The number of fused-ring (bicyclic) bond motifs is 2. The summed E-state index contributed by atoms with van der Waals surface area (Å²) in [4.78, 5) is 26.7. The molecule has 5 nitrogen and oxygen atoms in total. The van der Waals surface area contributed by atoms with Crippen molar-refractivity contribution >= 4 is 45.8 Å². The largest absolute Gasteiger partial charge is 0.340 e. The summed E-state index contributed by atoms with van der Waals surface area (Å²) in [5.41, 5.74) is 1.09. The van der Waals surface area contributed by atoms with Crippen LogP contribution in [0.4, 0.5) is 11.4 Å². The standard InChI is InChI=1S/C17H13IN2O3/c1-20-13-8-7-10(18)9-12(13)17(16(20)22)14(23-17)15(21)19-11-5-3-2-4-6-11/h2-9,14H,1H3,(H,19,21)/t14-,17+/m1/s1. The Morgan fingerprint density at radius 1 is 1.26 bits per heavy atom. The van der Waals surface area contributed by atoms with E-state index in [0.717, 1.165) is 14.8 Å². The van der Waals surface area contributed by atoms with Crippen molar-refractivity contribution in [1.29, 1.82) is 0 Å². The lowest BCUT2D eigenvalue weighted by Gasteiger charge is -2.08. The number of halogens is 1. The Bertz CT molecular complexity index is 824. The Balaban J connectivity index is 1.65. The molecule has 0 aromatic heterocycles. The normalized spacial score (nSPS) is 24.7. The molecule has 2 amide bonds. The summed E-state index contributed by atoms with van der Waals surface area (Å²) >= 11 is 2.19. The first-order valence-corrected chi connectivity index (χ1v) is 8.24. The highest BCUT2D eigenvalue weighted by Crippen LogP contribution is 2.55. The molecule has 0 unspecified atom stereocenters. The lowest BCUT2D eigenvalue weighted by molar-refractivity contribution is -0.123. The molecule has 4 rings (SSSR count). The molecular weight excluding hydrogens is 407 g/mol. The van der Waals surface area contributed by atoms with Gasteiger partial charge < -0.3 is 15.0 Å². The van der Waals surface area contributed by atoms with E-state index in [9.17, 15) is 9.59 Å². The minimum absolute atomic E-state index is 0.192. The van der Waals surface area contributed by atoms with Gasteiger partial charge in [0.2, 0.25) is 5.60 Å². The Kier molecular flexibility index (Phi) is 3.21. The maximum Gasteiger partial charge on any atom is 0.267 e. The molecule has 0 bridgehead atoms. The summed E-state index contributed by atoms with van der Waals surface area (Å²) in [5, 5.41) is 2.80. The fourth-order valence-corrected chi connectivity index (χ4v) is 3.55. The van der Waals surface area contributed by atoms with E-state index in [4.69, 9.17) is 4.74 Å². The van der Waals surface area contributed by atoms with Gasteiger partial charge in [-0.05, 0) is 52.9 Å². The Morgan fingerprint density at radius 2 is 2.00 bits per heavy atom. The summed E-state index contributed by atoms with van der Waals surface area (Å²) in [5.74, 6) is -0.493. The second-order valence-electron chi connectivity index (χ2n) is 5.61. The monoisotopic (exact) mass is 420 g/mol. The number of carbonyl (C=O) groups is 2. The molecule has 1 spiro atoms. The second-order valence-corrected chi connectivity index (χ2v) is 6.86. The topological polar surface area (TPSA) is 61.9 Å². The number of anilines is 2. The third-order valence-electron chi connectivity index (χ3n) is 4.24. The number of nitrogens with zero attached hydrogens (tertiary/aromatic N) is 1. The fourth-order valence-electron chi connectivity index (χ4n) is 3.06. The lowest BCUT2D eigenvalue weighted by atomic mass is 9.96. The molecule has 0 radical (unpaired) electrons. The van der Waals surface area contributed by atoms with Crippen LogP contribution in [0.15, 0.2) is 48.5 Å². The molecule has 116 valence electrons. The Hall–Kier alpha value is -1.93. The van der Waals surface area contributed by atoms with E-state index in [1.165, 1.54) is 0 Å². The van der Waals surface area contributed by atoms with Crippen LogP contribution >= 0.6 is 22.6 Å². The first-order chi connectivity index (χ1) is 11.0. The zero-order chi connectivity index (χ0) is 16.2. The maximum absolute atomic E-state index is 12.6. The Morgan fingerprint density at radius 3 is 2.74 bits per heavy atom. The number of benzene rings is 2. The molecule has 1 N–H and O–H groups in total. The van der Waals surface area contributed by atoms with Crippen molar-refractivity contribution in [1.82, 2.24) is 0 Å². The highest BCUT2D eigenvalue weighted by atomic mass is 127. The summed E-state index contributed by atoms with van der Waals surface area (Å²) in [7, 11) is 1.70. The number of nitrogens with one attached hydrogen (secondary N) is 1. The van der Waals surface area contributed by atoms with Crippen molar-refractivity contribution in [3.05, 3.63) is 57.7 Å². The fraction of sp³-hybridized carbons (Fsp3) is 0.176. The van der Waals surface area contributed by atoms with Gasteiger partial charge in [-0.25, -0.2) is 0 Å². The number of hydrogen-bond donors (Lipinski definition) is 1. The third-order valence-corrected chi connectivity index (χ3v) is 4.91. The van der Waals surface area contributed by atoms with E-state index in [2.05, 4.69) is 27.9 Å². The molecule has 2 aromatic rings. The van der Waals surface area contributed by atoms with Crippen LogP contribution in [-0.2, 0) is 19.9 Å². The van der Waals surface area contributed by atoms with Crippen molar-refractivity contribution in [2.45, 2.75) is 11.7 Å². The van der Waals surface area contributed by atoms with E-state index in [1.54, 1.807) is 24.1 Å². The van der Waals surface area contributed by atoms with E-state index in [1.807, 2.05) is 36.4 Å². The molecule has 0 aliphatic carbocycles. The molecule has 2 aliphatic rings. The second kappa shape index (κ2) is 5.04. The third kappa shape index (κ3) is 2.08. The number of amides is 2. The predicted molar refractivity (Wildman–Crippen MR) is 94.2 cm³/mol. The van der Waals surface area contributed by atoms with Crippen molar-refractivity contribution in [2.75, 3.05) is 17.3 Å². The molecule has 6 heteroatoms. The quantitative estimate of drug-likeness (QED) is 0.600. The van der Waals surface area contributed by atoms with Gasteiger partial charge in [-0.15, -0.1) is 0 Å². The number of epoxide rings is 1. The molecule has 1 fully saturated rings. The average molecular weight is 420 g/mol. The highest BCUT2D eigenvalue weighted by molar-refractivity contribution is 14.1. The van der Waals surface area contributed by atoms with Crippen molar-refractivity contribution in [3.63, 3.8) is 0 Å². The zero-order valence-electron chi connectivity index (χ0n) is 12.2. The van der Waals surface area contributed by atoms with Crippen LogP contribution in [0.3, 0.4) is 0 Å².